The number of aromatic nitrogens is 1. The van der Waals surface area contributed by atoms with Crippen molar-refractivity contribution in [2.75, 3.05) is 7.11 Å². The van der Waals surface area contributed by atoms with Gasteiger partial charge in [0, 0.05) is 24.2 Å². The number of nitrogens with zero attached hydrogens (tertiary/aromatic N) is 2. The van der Waals surface area contributed by atoms with Crippen LogP contribution in [0, 0.1) is 0 Å². The van der Waals surface area contributed by atoms with E-state index < -0.39 is 0 Å². The van der Waals surface area contributed by atoms with E-state index in [0.29, 0.717) is 18.1 Å². The van der Waals surface area contributed by atoms with Gasteiger partial charge in [-0.25, -0.2) is 4.98 Å². The van der Waals surface area contributed by atoms with E-state index in [1.165, 1.54) is 12.4 Å². The van der Waals surface area contributed by atoms with E-state index in [-0.39, 0.29) is 0 Å². The van der Waals surface area contributed by atoms with Gasteiger partial charge >= 0.3 is 0 Å². The summed E-state index contributed by atoms with van der Waals surface area (Å²) in [5, 5.41) is 0. The summed E-state index contributed by atoms with van der Waals surface area (Å²) in [5.74, 6) is 0.574. The third-order valence-corrected chi connectivity index (χ3v) is 1.74. The van der Waals surface area contributed by atoms with Crippen LogP contribution < -0.4 is 16.2 Å². The third-order valence-electron chi connectivity index (χ3n) is 1.74. The van der Waals surface area contributed by atoms with Crippen molar-refractivity contribution in [3.63, 3.8) is 0 Å². The van der Waals surface area contributed by atoms with Crippen molar-refractivity contribution in [3.05, 3.63) is 35.8 Å². The van der Waals surface area contributed by atoms with E-state index in [9.17, 15) is 0 Å². The molecule has 0 saturated carbocycles. The largest absolute Gasteiger partial charge is 0.481 e. The molecule has 4 N–H and O–H groups in total. The number of aliphatic imine (C=N–C) groups is 1. The Balaban J connectivity index is 2.69. The van der Waals surface area contributed by atoms with Crippen molar-refractivity contribution in [3.8, 4) is 5.88 Å². The van der Waals surface area contributed by atoms with Crippen molar-refractivity contribution < 1.29 is 4.74 Å². The Bertz CT molecular complexity index is 373. The molecule has 0 aliphatic carbocycles. The van der Waals surface area contributed by atoms with Crippen LogP contribution in [-0.4, -0.2) is 18.3 Å². The number of pyridine rings is 1. The highest BCUT2D eigenvalue weighted by molar-refractivity contribution is 5.76. The van der Waals surface area contributed by atoms with E-state index in [1.54, 1.807) is 13.3 Å². The Labute approximate surface area is 88.5 Å². The molecule has 0 atom stereocenters. The molecule has 15 heavy (non-hydrogen) atoms. The normalized spacial score (nSPS) is 11.9. The van der Waals surface area contributed by atoms with Gasteiger partial charge in [0.1, 0.15) is 0 Å². The fourth-order valence-corrected chi connectivity index (χ4v) is 1.02. The van der Waals surface area contributed by atoms with Crippen molar-refractivity contribution in [2.24, 2.45) is 16.5 Å². The van der Waals surface area contributed by atoms with Crippen LogP contribution in [0.3, 0.4) is 0 Å². The highest BCUT2D eigenvalue weighted by Gasteiger charge is 2.00. The first-order valence-electron chi connectivity index (χ1n) is 4.43. The van der Waals surface area contributed by atoms with Gasteiger partial charge in [0.25, 0.3) is 0 Å². The standard InChI is InChI=1S/C10H14N4O/c1-15-10-8(3-2-4-14-10)6-13-7-9(12)5-11/h2-5,7H,6,11-12H2,1H3/b9-5+,13-7?. The molecule has 0 fully saturated rings. The summed E-state index contributed by atoms with van der Waals surface area (Å²) >= 11 is 0. The Morgan fingerprint density at radius 3 is 3.13 bits per heavy atom. The molecule has 1 rings (SSSR count). The molecular formula is C10H14N4O. The zero-order valence-corrected chi connectivity index (χ0v) is 8.55. The lowest BCUT2D eigenvalue weighted by Gasteiger charge is -2.03. The lowest BCUT2D eigenvalue weighted by Crippen LogP contribution is -2.02. The molecule has 5 heteroatoms. The number of methoxy groups -OCH3 is 1. The summed E-state index contributed by atoms with van der Waals surface area (Å²) in [6.07, 6.45) is 4.47. The number of allylic oxidation sites excluding steroid dienone is 1. The maximum atomic E-state index is 5.45. The Hall–Kier alpha value is -2.04. The predicted molar refractivity (Wildman–Crippen MR) is 59.4 cm³/mol. The fourth-order valence-electron chi connectivity index (χ4n) is 1.02. The fraction of sp³-hybridized carbons (Fsp3) is 0.200. The number of hydrogen-bond donors (Lipinski definition) is 2. The van der Waals surface area contributed by atoms with E-state index in [4.69, 9.17) is 16.2 Å². The SMILES string of the molecule is COc1ncccc1CN=C/C(N)=C\N. The molecule has 0 aromatic carbocycles. The van der Waals surface area contributed by atoms with Crippen LogP contribution in [0.4, 0.5) is 0 Å². The summed E-state index contributed by atoms with van der Waals surface area (Å²) < 4.78 is 5.07. The second-order valence-corrected chi connectivity index (χ2v) is 2.81. The zero-order valence-electron chi connectivity index (χ0n) is 8.55. The van der Waals surface area contributed by atoms with Crippen LogP contribution in [-0.2, 0) is 6.54 Å². The highest BCUT2D eigenvalue weighted by Crippen LogP contribution is 2.13. The summed E-state index contributed by atoms with van der Waals surface area (Å²) in [5.41, 5.74) is 12.0. The van der Waals surface area contributed by atoms with E-state index in [1.807, 2.05) is 12.1 Å². The van der Waals surface area contributed by atoms with E-state index in [0.717, 1.165) is 5.56 Å². The van der Waals surface area contributed by atoms with Gasteiger partial charge in [-0.3, -0.25) is 4.99 Å². The molecule has 5 nitrogen and oxygen atoms in total. The van der Waals surface area contributed by atoms with Gasteiger partial charge in [0.05, 0.1) is 19.4 Å². The van der Waals surface area contributed by atoms with Crippen LogP contribution in [0.25, 0.3) is 0 Å². The Morgan fingerprint density at radius 2 is 2.47 bits per heavy atom. The molecule has 0 unspecified atom stereocenters. The van der Waals surface area contributed by atoms with Crippen molar-refractivity contribution in [1.29, 1.82) is 0 Å². The van der Waals surface area contributed by atoms with Gasteiger partial charge in [0.2, 0.25) is 5.88 Å². The average Bonchev–Trinajstić information content (AvgIpc) is 2.29. The smallest absolute Gasteiger partial charge is 0.218 e. The molecule has 0 saturated heterocycles. The first-order valence-corrected chi connectivity index (χ1v) is 4.43. The lowest BCUT2D eigenvalue weighted by atomic mass is 10.3. The second kappa shape index (κ2) is 5.64. The van der Waals surface area contributed by atoms with Crippen molar-refractivity contribution in [1.82, 2.24) is 4.98 Å². The van der Waals surface area contributed by atoms with Crippen molar-refractivity contribution >= 4 is 6.21 Å². The maximum Gasteiger partial charge on any atom is 0.218 e. The summed E-state index contributed by atoms with van der Waals surface area (Å²) in [4.78, 5) is 8.15. The van der Waals surface area contributed by atoms with Crippen LogP contribution in [0.2, 0.25) is 0 Å². The first kappa shape index (κ1) is 11.0. The molecule has 0 aliphatic heterocycles. The second-order valence-electron chi connectivity index (χ2n) is 2.81. The van der Waals surface area contributed by atoms with Crippen LogP contribution in [0.15, 0.2) is 35.2 Å². The highest BCUT2D eigenvalue weighted by atomic mass is 16.5. The van der Waals surface area contributed by atoms with Gasteiger partial charge < -0.3 is 16.2 Å². The number of ether oxygens (including phenoxy) is 1. The monoisotopic (exact) mass is 206 g/mol. The molecule has 0 radical (unpaired) electrons. The summed E-state index contributed by atoms with van der Waals surface area (Å²) in [7, 11) is 1.57. The minimum absolute atomic E-state index is 0.429. The van der Waals surface area contributed by atoms with Gasteiger partial charge in [0.15, 0.2) is 0 Å². The maximum absolute atomic E-state index is 5.45. The summed E-state index contributed by atoms with van der Waals surface area (Å²) in [6, 6.07) is 3.72. The number of nitrogens with two attached hydrogens (primary N) is 2. The minimum atomic E-state index is 0.429. The Kier molecular flexibility index (Phi) is 4.15. The average molecular weight is 206 g/mol. The molecule has 0 amide bonds. The van der Waals surface area contributed by atoms with E-state index >= 15 is 0 Å². The Morgan fingerprint density at radius 1 is 1.67 bits per heavy atom. The van der Waals surface area contributed by atoms with Crippen LogP contribution in [0.1, 0.15) is 5.56 Å². The topological polar surface area (TPSA) is 86.5 Å². The van der Waals surface area contributed by atoms with Gasteiger partial charge in [-0.1, -0.05) is 6.07 Å². The van der Waals surface area contributed by atoms with Crippen molar-refractivity contribution in [2.45, 2.75) is 6.54 Å². The first-order chi connectivity index (χ1) is 7.27. The zero-order chi connectivity index (χ0) is 11.1. The molecule has 1 aromatic heterocycles. The van der Waals surface area contributed by atoms with Gasteiger partial charge in [-0.05, 0) is 6.07 Å². The number of hydrogen-bond acceptors (Lipinski definition) is 5. The molecule has 0 bridgehead atoms. The quantitative estimate of drug-likeness (QED) is 0.699. The molecular weight excluding hydrogens is 192 g/mol. The predicted octanol–water partition coefficient (Wildman–Crippen LogP) is 0.420. The molecule has 80 valence electrons. The third kappa shape index (κ3) is 3.30. The van der Waals surface area contributed by atoms with Gasteiger partial charge in [-0.15, -0.1) is 0 Å². The lowest BCUT2D eigenvalue weighted by molar-refractivity contribution is 0.392. The molecule has 0 aliphatic rings. The molecule has 1 aromatic rings. The minimum Gasteiger partial charge on any atom is -0.481 e. The van der Waals surface area contributed by atoms with Crippen LogP contribution >= 0.6 is 0 Å². The number of rotatable bonds is 4. The van der Waals surface area contributed by atoms with Crippen LogP contribution in [0.5, 0.6) is 5.88 Å². The van der Waals surface area contributed by atoms with E-state index in [2.05, 4.69) is 9.98 Å². The van der Waals surface area contributed by atoms with Gasteiger partial charge in [-0.2, -0.15) is 0 Å². The molecule has 0 spiro atoms. The molecule has 1 heterocycles. The summed E-state index contributed by atoms with van der Waals surface area (Å²) in [6.45, 7) is 0.464.